The normalized spacial score (nSPS) is 10.0. The largest absolute Gasteiger partial charge is 0.444 e. The first-order valence-corrected chi connectivity index (χ1v) is 6.87. The molecule has 1 N–H and O–H groups in total. The van der Waals surface area contributed by atoms with Crippen LogP contribution in [0.25, 0.3) is 0 Å². The summed E-state index contributed by atoms with van der Waals surface area (Å²) in [5.41, 5.74) is -0.351. The standard InChI is InChI=1S/C16H17N3O4/c1-16(2,3)23-15(20)18-9-5-4-6-13-8-7-12(11-17)10-14(13)19(21)22/h7-8,10H,5,9H2,1-3H3,(H,18,20). The van der Waals surface area contributed by atoms with Gasteiger partial charge in [-0.1, -0.05) is 11.8 Å². The number of nitriles is 1. The Morgan fingerprint density at radius 1 is 1.43 bits per heavy atom. The number of nitro benzene ring substituents is 1. The van der Waals surface area contributed by atoms with Crippen LogP contribution in [0.2, 0.25) is 0 Å². The summed E-state index contributed by atoms with van der Waals surface area (Å²) in [6, 6.07) is 5.93. The van der Waals surface area contributed by atoms with Crippen molar-refractivity contribution in [3.05, 3.63) is 39.4 Å². The molecule has 0 aliphatic rings. The highest BCUT2D eigenvalue weighted by atomic mass is 16.6. The molecule has 7 heteroatoms. The Morgan fingerprint density at radius 3 is 2.70 bits per heavy atom. The molecule has 0 spiro atoms. The van der Waals surface area contributed by atoms with E-state index in [0.29, 0.717) is 6.42 Å². The maximum atomic E-state index is 11.4. The highest BCUT2D eigenvalue weighted by Crippen LogP contribution is 2.19. The van der Waals surface area contributed by atoms with E-state index in [9.17, 15) is 14.9 Å². The summed E-state index contributed by atoms with van der Waals surface area (Å²) in [6.07, 6.45) is -0.222. The van der Waals surface area contributed by atoms with E-state index in [1.165, 1.54) is 18.2 Å². The second kappa shape index (κ2) is 7.81. The molecule has 7 nitrogen and oxygen atoms in total. The van der Waals surface area contributed by atoms with E-state index >= 15 is 0 Å². The first kappa shape index (κ1) is 18.0. The molecule has 0 bridgehead atoms. The van der Waals surface area contributed by atoms with Gasteiger partial charge in [0.05, 0.1) is 16.6 Å². The average molecular weight is 315 g/mol. The molecular weight excluding hydrogens is 298 g/mol. The number of amides is 1. The predicted octanol–water partition coefficient (Wildman–Crippen LogP) is 2.73. The average Bonchev–Trinajstić information content (AvgIpc) is 2.45. The number of nitrogens with one attached hydrogen (secondary N) is 1. The van der Waals surface area contributed by atoms with Gasteiger partial charge in [-0.2, -0.15) is 5.26 Å². The monoisotopic (exact) mass is 315 g/mol. The SMILES string of the molecule is CC(C)(C)OC(=O)NCCC#Cc1ccc(C#N)cc1[N+](=O)[O-]. The van der Waals surface area contributed by atoms with Gasteiger partial charge in [0.1, 0.15) is 11.2 Å². The van der Waals surface area contributed by atoms with E-state index in [1.807, 2.05) is 6.07 Å². The van der Waals surface area contributed by atoms with Crippen molar-refractivity contribution in [1.29, 1.82) is 5.26 Å². The zero-order valence-corrected chi connectivity index (χ0v) is 13.2. The van der Waals surface area contributed by atoms with Crippen molar-refractivity contribution in [3.63, 3.8) is 0 Å². The molecule has 120 valence electrons. The Balaban J connectivity index is 2.62. The van der Waals surface area contributed by atoms with Crippen LogP contribution in [0.4, 0.5) is 10.5 Å². The minimum Gasteiger partial charge on any atom is -0.444 e. The van der Waals surface area contributed by atoms with Crippen molar-refractivity contribution < 1.29 is 14.5 Å². The van der Waals surface area contributed by atoms with Gasteiger partial charge in [0, 0.05) is 19.0 Å². The molecule has 0 aliphatic heterocycles. The van der Waals surface area contributed by atoms with E-state index in [4.69, 9.17) is 10.00 Å². The lowest BCUT2D eigenvalue weighted by Gasteiger charge is -2.19. The number of carbonyl (C=O) groups is 1. The lowest BCUT2D eigenvalue weighted by atomic mass is 10.1. The second-order valence-corrected chi connectivity index (χ2v) is 5.58. The van der Waals surface area contributed by atoms with Crippen LogP contribution in [0.15, 0.2) is 18.2 Å². The summed E-state index contributed by atoms with van der Waals surface area (Å²) >= 11 is 0. The number of alkyl carbamates (subject to hydrolysis) is 1. The summed E-state index contributed by atoms with van der Waals surface area (Å²) in [7, 11) is 0. The Hall–Kier alpha value is -3.06. The van der Waals surface area contributed by atoms with Gasteiger partial charge in [0.25, 0.3) is 5.69 Å². The van der Waals surface area contributed by atoms with Crippen molar-refractivity contribution in [2.75, 3.05) is 6.54 Å². The molecule has 1 aromatic carbocycles. The molecule has 0 aliphatic carbocycles. The maximum Gasteiger partial charge on any atom is 0.407 e. The first-order chi connectivity index (χ1) is 10.7. The molecule has 0 heterocycles. The number of benzene rings is 1. The number of nitro groups is 1. The molecule has 0 unspecified atom stereocenters. The first-order valence-electron chi connectivity index (χ1n) is 6.87. The molecule has 0 saturated carbocycles. The number of ether oxygens (including phenoxy) is 1. The van der Waals surface area contributed by atoms with Crippen LogP contribution < -0.4 is 5.32 Å². The van der Waals surface area contributed by atoms with Crippen LogP contribution in [0.5, 0.6) is 0 Å². The summed E-state index contributed by atoms with van der Waals surface area (Å²) in [6.45, 7) is 5.55. The van der Waals surface area contributed by atoms with Gasteiger partial charge in [-0.25, -0.2) is 4.79 Å². The van der Waals surface area contributed by atoms with Gasteiger partial charge in [0.2, 0.25) is 0 Å². The predicted molar refractivity (Wildman–Crippen MR) is 83.5 cm³/mol. The van der Waals surface area contributed by atoms with E-state index in [2.05, 4.69) is 17.2 Å². The van der Waals surface area contributed by atoms with Gasteiger partial charge in [-0.3, -0.25) is 10.1 Å². The molecule has 23 heavy (non-hydrogen) atoms. The molecular formula is C16H17N3O4. The van der Waals surface area contributed by atoms with Crippen molar-refractivity contribution >= 4 is 11.8 Å². The fourth-order valence-corrected chi connectivity index (χ4v) is 1.56. The third kappa shape index (κ3) is 6.49. The van der Waals surface area contributed by atoms with E-state index in [1.54, 1.807) is 20.8 Å². The van der Waals surface area contributed by atoms with Crippen LogP contribution >= 0.6 is 0 Å². The zero-order chi connectivity index (χ0) is 17.5. The number of hydrogen-bond donors (Lipinski definition) is 1. The van der Waals surface area contributed by atoms with Crippen LogP contribution in [0.3, 0.4) is 0 Å². The Bertz CT molecular complexity index is 703. The van der Waals surface area contributed by atoms with Gasteiger partial charge < -0.3 is 10.1 Å². The van der Waals surface area contributed by atoms with Crippen molar-refractivity contribution in [2.45, 2.75) is 32.8 Å². The van der Waals surface area contributed by atoms with Gasteiger partial charge in [-0.15, -0.1) is 0 Å². The minimum absolute atomic E-state index is 0.203. The number of hydrogen-bond acceptors (Lipinski definition) is 5. The van der Waals surface area contributed by atoms with Crippen molar-refractivity contribution in [2.24, 2.45) is 0 Å². The van der Waals surface area contributed by atoms with Crippen LogP contribution in [-0.4, -0.2) is 23.2 Å². The quantitative estimate of drug-likeness (QED) is 0.399. The molecule has 0 aromatic heterocycles. The fourth-order valence-electron chi connectivity index (χ4n) is 1.56. The highest BCUT2D eigenvalue weighted by molar-refractivity contribution is 5.67. The van der Waals surface area contributed by atoms with E-state index in [0.717, 1.165) is 0 Å². The maximum absolute atomic E-state index is 11.4. The lowest BCUT2D eigenvalue weighted by Crippen LogP contribution is -2.32. The van der Waals surface area contributed by atoms with Crippen LogP contribution in [0.1, 0.15) is 38.3 Å². The van der Waals surface area contributed by atoms with Gasteiger partial charge in [-0.05, 0) is 32.9 Å². The molecule has 0 radical (unpaired) electrons. The van der Waals surface area contributed by atoms with Crippen molar-refractivity contribution in [3.8, 4) is 17.9 Å². The Kier molecular flexibility index (Phi) is 6.11. The lowest BCUT2D eigenvalue weighted by molar-refractivity contribution is -0.385. The van der Waals surface area contributed by atoms with E-state index in [-0.39, 0.29) is 23.4 Å². The van der Waals surface area contributed by atoms with Crippen molar-refractivity contribution in [1.82, 2.24) is 5.32 Å². The third-order valence-corrected chi connectivity index (χ3v) is 2.46. The van der Waals surface area contributed by atoms with Crippen LogP contribution in [0, 0.1) is 33.3 Å². The molecule has 1 aromatic rings. The molecule has 0 atom stereocenters. The minimum atomic E-state index is -0.580. The number of rotatable bonds is 3. The van der Waals surface area contributed by atoms with Gasteiger partial charge >= 0.3 is 6.09 Å². The number of carbonyl (C=O) groups excluding carboxylic acids is 1. The second-order valence-electron chi connectivity index (χ2n) is 5.58. The fraction of sp³-hybridized carbons (Fsp3) is 0.375. The topological polar surface area (TPSA) is 105 Å². The van der Waals surface area contributed by atoms with Crippen LogP contribution in [-0.2, 0) is 4.74 Å². The molecule has 1 amide bonds. The third-order valence-electron chi connectivity index (χ3n) is 2.46. The number of nitrogens with zero attached hydrogens (tertiary/aromatic N) is 2. The Labute approximate surface area is 134 Å². The summed E-state index contributed by atoms with van der Waals surface area (Å²) < 4.78 is 5.06. The zero-order valence-electron chi connectivity index (χ0n) is 13.2. The molecule has 0 saturated heterocycles. The summed E-state index contributed by atoms with van der Waals surface area (Å²) in [5.74, 6) is 5.42. The summed E-state index contributed by atoms with van der Waals surface area (Å²) in [5, 5.41) is 22.2. The van der Waals surface area contributed by atoms with Gasteiger partial charge in [0.15, 0.2) is 0 Å². The Morgan fingerprint density at radius 2 is 2.13 bits per heavy atom. The van der Waals surface area contributed by atoms with E-state index < -0.39 is 16.6 Å². The summed E-state index contributed by atoms with van der Waals surface area (Å²) in [4.78, 5) is 21.8. The smallest absolute Gasteiger partial charge is 0.407 e. The molecule has 1 rings (SSSR count). The molecule has 0 fully saturated rings. The highest BCUT2D eigenvalue weighted by Gasteiger charge is 2.15.